The molecule has 0 spiro atoms. The summed E-state index contributed by atoms with van der Waals surface area (Å²) in [6.07, 6.45) is 4.44. The van der Waals surface area contributed by atoms with E-state index in [9.17, 15) is 14.7 Å². The molecule has 1 N–H and O–H groups in total. The van der Waals surface area contributed by atoms with Gasteiger partial charge in [-0.1, -0.05) is 30.3 Å². The summed E-state index contributed by atoms with van der Waals surface area (Å²) in [4.78, 5) is 32.7. The number of hydrogen-bond acceptors (Lipinski definition) is 5. The summed E-state index contributed by atoms with van der Waals surface area (Å²) >= 11 is 0. The van der Waals surface area contributed by atoms with Gasteiger partial charge in [0.2, 0.25) is 0 Å². The van der Waals surface area contributed by atoms with Crippen LogP contribution in [0.4, 0.5) is 0 Å². The summed E-state index contributed by atoms with van der Waals surface area (Å²) in [5.74, 6) is -0.691. The molecule has 1 aromatic carbocycles. The number of hydrogen-bond donors (Lipinski definition) is 1. The van der Waals surface area contributed by atoms with E-state index in [1.54, 1.807) is 6.07 Å². The van der Waals surface area contributed by atoms with Crippen LogP contribution < -0.4 is 5.56 Å². The van der Waals surface area contributed by atoms with Gasteiger partial charge >= 0.3 is 5.97 Å². The van der Waals surface area contributed by atoms with Crippen molar-refractivity contribution in [2.24, 2.45) is 0 Å². The number of aromatic nitrogens is 5. The molecule has 0 saturated carbocycles. The van der Waals surface area contributed by atoms with Gasteiger partial charge < -0.3 is 9.67 Å². The molecule has 124 valence electrons. The highest BCUT2D eigenvalue weighted by molar-refractivity contribution is 5.79. The van der Waals surface area contributed by atoms with E-state index < -0.39 is 17.6 Å². The fraction of sp³-hybridized carbons (Fsp3) is 0.118. The summed E-state index contributed by atoms with van der Waals surface area (Å²) in [6.45, 7) is 0. The second-order valence-corrected chi connectivity index (χ2v) is 5.60. The summed E-state index contributed by atoms with van der Waals surface area (Å²) in [5.41, 5.74) is 0.949. The van der Waals surface area contributed by atoms with Gasteiger partial charge in [-0.2, -0.15) is 14.6 Å². The zero-order chi connectivity index (χ0) is 17.4. The molecule has 0 radical (unpaired) electrons. The molecule has 0 aliphatic heterocycles. The second-order valence-electron chi connectivity index (χ2n) is 5.60. The number of nitrogens with zero attached hydrogens (tertiary/aromatic N) is 5. The largest absolute Gasteiger partial charge is 0.480 e. The van der Waals surface area contributed by atoms with Crippen molar-refractivity contribution >= 4 is 22.6 Å². The van der Waals surface area contributed by atoms with Crippen molar-refractivity contribution in [1.29, 1.82) is 0 Å². The molecule has 25 heavy (non-hydrogen) atoms. The van der Waals surface area contributed by atoms with Crippen LogP contribution in [0.2, 0.25) is 0 Å². The molecule has 0 amide bonds. The Hall–Kier alpha value is -3.55. The average molecular weight is 335 g/mol. The van der Waals surface area contributed by atoms with Gasteiger partial charge in [0.05, 0.1) is 10.9 Å². The highest BCUT2D eigenvalue weighted by Crippen LogP contribution is 2.16. The van der Waals surface area contributed by atoms with E-state index in [1.807, 2.05) is 30.3 Å². The predicted octanol–water partition coefficient (Wildman–Crippen LogP) is 1.31. The molecule has 0 aliphatic rings. The quantitative estimate of drug-likeness (QED) is 0.603. The van der Waals surface area contributed by atoms with Gasteiger partial charge in [-0.15, -0.1) is 0 Å². The van der Waals surface area contributed by atoms with Gasteiger partial charge in [0, 0.05) is 18.8 Å². The van der Waals surface area contributed by atoms with Crippen molar-refractivity contribution in [3.8, 4) is 0 Å². The minimum atomic E-state index is -1.07. The molecule has 3 heterocycles. The Kier molecular flexibility index (Phi) is 3.50. The first-order chi connectivity index (χ1) is 12.1. The molecule has 0 fully saturated rings. The minimum absolute atomic E-state index is 0.209. The molecular weight excluding hydrogens is 322 g/mol. The number of benzene rings is 1. The number of fused-ring (bicyclic) bond motifs is 3. The minimum Gasteiger partial charge on any atom is -0.480 e. The molecule has 3 aromatic heterocycles. The van der Waals surface area contributed by atoms with E-state index in [0.717, 1.165) is 5.56 Å². The van der Waals surface area contributed by atoms with Crippen LogP contribution in [0.1, 0.15) is 11.6 Å². The maximum absolute atomic E-state index is 12.8. The topological polar surface area (TPSA) is 102 Å². The van der Waals surface area contributed by atoms with E-state index in [4.69, 9.17) is 0 Å². The third kappa shape index (κ3) is 2.53. The van der Waals surface area contributed by atoms with Crippen LogP contribution >= 0.6 is 0 Å². The fourth-order valence-corrected chi connectivity index (χ4v) is 2.87. The van der Waals surface area contributed by atoms with Crippen molar-refractivity contribution < 1.29 is 9.90 Å². The fourth-order valence-electron chi connectivity index (χ4n) is 2.87. The Morgan fingerprint density at radius 1 is 1.16 bits per heavy atom. The summed E-state index contributed by atoms with van der Waals surface area (Å²) < 4.78 is 2.68. The smallest absolute Gasteiger partial charge is 0.327 e. The summed E-state index contributed by atoms with van der Waals surface area (Å²) in [5, 5.41) is 14.0. The number of carboxylic acids is 1. The van der Waals surface area contributed by atoms with E-state index in [1.165, 1.54) is 27.8 Å². The van der Waals surface area contributed by atoms with E-state index >= 15 is 0 Å². The van der Waals surface area contributed by atoms with Crippen LogP contribution in [0.15, 0.2) is 59.9 Å². The number of pyridine rings is 1. The van der Waals surface area contributed by atoms with Crippen molar-refractivity contribution in [3.63, 3.8) is 0 Å². The van der Waals surface area contributed by atoms with Crippen LogP contribution in [0.5, 0.6) is 0 Å². The zero-order valence-corrected chi connectivity index (χ0v) is 13.0. The summed E-state index contributed by atoms with van der Waals surface area (Å²) in [6, 6.07) is 9.85. The zero-order valence-electron chi connectivity index (χ0n) is 13.0. The van der Waals surface area contributed by atoms with E-state index in [0.29, 0.717) is 16.7 Å². The Labute approximate surface area is 141 Å². The van der Waals surface area contributed by atoms with Gasteiger partial charge in [0.1, 0.15) is 12.4 Å². The lowest BCUT2D eigenvalue weighted by atomic mass is 10.1. The van der Waals surface area contributed by atoms with Crippen molar-refractivity contribution in [2.45, 2.75) is 12.5 Å². The monoisotopic (exact) mass is 335 g/mol. The Balaban J connectivity index is 1.86. The predicted molar refractivity (Wildman–Crippen MR) is 89.4 cm³/mol. The molecule has 4 aromatic rings. The van der Waals surface area contributed by atoms with Gasteiger partial charge in [-0.3, -0.25) is 4.79 Å². The van der Waals surface area contributed by atoms with Gasteiger partial charge in [0.15, 0.2) is 0 Å². The van der Waals surface area contributed by atoms with Crippen LogP contribution in [0, 0.1) is 0 Å². The lowest BCUT2D eigenvalue weighted by Gasteiger charge is -2.16. The third-order valence-corrected chi connectivity index (χ3v) is 4.09. The van der Waals surface area contributed by atoms with E-state index in [-0.39, 0.29) is 6.42 Å². The first-order valence-corrected chi connectivity index (χ1v) is 7.61. The van der Waals surface area contributed by atoms with Crippen LogP contribution in [0.25, 0.3) is 16.7 Å². The molecule has 8 heteroatoms. The van der Waals surface area contributed by atoms with Gasteiger partial charge in [-0.25, -0.2) is 9.78 Å². The molecule has 0 saturated heterocycles. The van der Waals surface area contributed by atoms with Crippen LogP contribution in [-0.2, 0) is 11.2 Å². The molecule has 0 unspecified atom stereocenters. The van der Waals surface area contributed by atoms with Crippen molar-refractivity contribution in [2.75, 3.05) is 0 Å². The third-order valence-electron chi connectivity index (χ3n) is 4.09. The highest BCUT2D eigenvalue weighted by Gasteiger charge is 2.22. The van der Waals surface area contributed by atoms with Crippen molar-refractivity contribution in [3.05, 3.63) is 71.0 Å². The number of rotatable bonds is 4. The van der Waals surface area contributed by atoms with E-state index in [2.05, 4.69) is 15.1 Å². The SMILES string of the molecule is O=C(O)[C@@H](Cc1ccccc1)n1ccc2c(cnc3ncnn32)c1=O. The molecule has 8 nitrogen and oxygen atoms in total. The van der Waals surface area contributed by atoms with Gasteiger partial charge in [0.25, 0.3) is 11.3 Å². The first kappa shape index (κ1) is 15.0. The lowest BCUT2D eigenvalue weighted by molar-refractivity contribution is -0.141. The maximum Gasteiger partial charge on any atom is 0.327 e. The van der Waals surface area contributed by atoms with Crippen LogP contribution in [-0.4, -0.2) is 35.2 Å². The molecule has 0 bridgehead atoms. The standard InChI is InChI=1S/C17H13N5O3/c23-15-12-9-18-17-19-10-20-22(17)13(12)6-7-21(15)14(16(24)25)8-11-4-2-1-3-5-11/h1-7,9-10,14H,8H2,(H,24,25)/t14-/m1/s1. The average Bonchev–Trinajstić information content (AvgIpc) is 3.10. The normalized spacial score (nSPS) is 12.5. The molecule has 1 atom stereocenters. The number of carboxylic acid groups (broad SMARTS) is 1. The highest BCUT2D eigenvalue weighted by atomic mass is 16.4. The Bertz CT molecular complexity index is 1130. The second kappa shape index (κ2) is 5.82. The molecule has 0 aliphatic carbocycles. The van der Waals surface area contributed by atoms with Gasteiger partial charge in [-0.05, 0) is 11.6 Å². The first-order valence-electron chi connectivity index (χ1n) is 7.61. The van der Waals surface area contributed by atoms with Crippen LogP contribution in [0.3, 0.4) is 0 Å². The molecular formula is C17H13N5O3. The Morgan fingerprint density at radius 2 is 1.96 bits per heavy atom. The Morgan fingerprint density at radius 3 is 2.72 bits per heavy atom. The maximum atomic E-state index is 12.8. The van der Waals surface area contributed by atoms with Crippen molar-refractivity contribution in [1.82, 2.24) is 24.1 Å². The molecule has 4 rings (SSSR count). The summed E-state index contributed by atoms with van der Waals surface area (Å²) in [7, 11) is 0. The number of aliphatic carboxylic acids is 1. The number of carbonyl (C=O) groups is 1. The lowest BCUT2D eigenvalue weighted by Crippen LogP contribution is -2.31.